The van der Waals surface area contributed by atoms with Gasteiger partial charge in [-0.2, -0.15) is 18.3 Å². The lowest BCUT2D eigenvalue weighted by molar-refractivity contribution is -0.137. The number of halogens is 3. The minimum absolute atomic E-state index is 0.0484. The van der Waals surface area contributed by atoms with Crippen LogP contribution in [0.3, 0.4) is 0 Å². The molecule has 0 aliphatic rings. The topological polar surface area (TPSA) is 66.0 Å². The summed E-state index contributed by atoms with van der Waals surface area (Å²) in [5, 5.41) is 14.8. The van der Waals surface area contributed by atoms with Crippen molar-refractivity contribution in [3.63, 3.8) is 0 Å². The van der Waals surface area contributed by atoms with E-state index in [0.717, 1.165) is 6.07 Å². The molecule has 16 heavy (non-hydrogen) atoms. The Balaban J connectivity index is 2.76. The number of rotatable bonds is 1. The molecule has 2 N–H and O–H groups in total. The number of H-pyrrole nitrogens is 1. The van der Waals surface area contributed by atoms with Crippen molar-refractivity contribution in [2.24, 2.45) is 0 Å². The SMILES string of the molecule is O=C(O)c1cc(C(F)(F)F)cc2[nH]ncc12. The van der Waals surface area contributed by atoms with Crippen molar-refractivity contribution < 1.29 is 23.1 Å². The Hall–Kier alpha value is -2.05. The van der Waals surface area contributed by atoms with Crippen LogP contribution >= 0.6 is 0 Å². The molecule has 2 rings (SSSR count). The predicted octanol–water partition coefficient (Wildman–Crippen LogP) is 2.28. The van der Waals surface area contributed by atoms with Crippen molar-refractivity contribution in [3.8, 4) is 0 Å². The van der Waals surface area contributed by atoms with Gasteiger partial charge < -0.3 is 5.11 Å². The highest BCUT2D eigenvalue weighted by Crippen LogP contribution is 2.32. The molecule has 1 aromatic carbocycles. The van der Waals surface area contributed by atoms with E-state index < -0.39 is 23.3 Å². The highest BCUT2D eigenvalue weighted by Gasteiger charge is 2.32. The lowest BCUT2D eigenvalue weighted by Gasteiger charge is -2.07. The maximum Gasteiger partial charge on any atom is 0.416 e. The molecule has 0 aliphatic carbocycles. The second-order valence-electron chi connectivity index (χ2n) is 3.16. The van der Waals surface area contributed by atoms with Crippen molar-refractivity contribution in [1.29, 1.82) is 0 Å². The van der Waals surface area contributed by atoms with Gasteiger partial charge in [-0.3, -0.25) is 5.10 Å². The number of hydrogen-bond acceptors (Lipinski definition) is 2. The van der Waals surface area contributed by atoms with E-state index in [4.69, 9.17) is 5.11 Å². The van der Waals surface area contributed by atoms with Crippen LogP contribution in [0.1, 0.15) is 15.9 Å². The summed E-state index contributed by atoms with van der Waals surface area (Å²) in [4.78, 5) is 10.8. The van der Waals surface area contributed by atoms with E-state index in [9.17, 15) is 18.0 Å². The van der Waals surface area contributed by atoms with Crippen LogP contribution < -0.4 is 0 Å². The standard InChI is InChI=1S/C9H5F3N2O2/c10-9(11,12)4-1-5(8(15)16)6-3-13-14-7(6)2-4/h1-3H,(H,13,14)(H,15,16). The van der Waals surface area contributed by atoms with Crippen LogP contribution in [0.15, 0.2) is 18.3 Å². The number of alkyl halides is 3. The summed E-state index contributed by atoms with van der Waals surface area (Å²) in [6.45, 7) is 0. The van der Waals surface area contributed by atoms with Gasteiger partial charge >= 0.3 is 12.1 Å². The van der Waals surface area contributed by atoms with E-state index in [0.29, 0.717) is 6.07 Å². The minimum Gasteiger partial charge on any atom is -0.478 e. The van der Waals surface area contributed by atoms with Crippen LogP contribution in [0.25, 0.3) is 10.9 Å². The molecule has 0 radical (unpaired) electrons. The molecule has 1 aromatic heterocycles. The van der Waals surface area contributed by atoms with E-state index in [1.165, 1.54) is 6.20 Å². The number of aromatic nitrogens is 2. The second-order valence-corrected chi connectivity index (χ2v) is 3.16. The summed E-state index contributed by atoms with van der Waals surface area (Å²) in [5.74, 6) is -1.42. The summed E-state index contributed by atoms with van der Waals surface area (Å²) in [7, 11) is 0. The number of carboxylic acids is 1. The molecule has 0 saturated heterocycles. The Labute approximate surface area is 86.7 Å². The molecule has 0 atom stereocenters. The summed E-state index contributed by atoms with van der Waals surface area (Å²) in [6, 6.07) is 1.43. The third-order valence-electron chi connectivity index (χ3n) is 2.12. The third kappa shape index (κ3) is 1.60. The molecule has 0 aliphatic heterocycles. The third-order valence-corrected chi connectivity index (χ3v) is 2.12. The molecule has 4 nitrogen and oxygen atoms in total. The number of carboxylic acid groups (broad SMARTS) is 1. The Morgan fingerprint density at radius 2 is 2.06 bits per heavy atom. The van der Waals surface area contributed by atoms with Gasteiger partial charge in [0.1, 0.15) is 0 Å². The largest absolute Gasteiger partial charge is 0.478 e. The molecular formula is C9H5F3N2O2. The van der Waals surface area contributed by atoms with E-state index >= 15 is 0 Å². The Kier molecular flexibility index (Phi) is 2.11. The second kappa shape index (κ2) is 3.22. The van der Waals surface area contributed by atoms with Gasteiger partial charge in [0.05, 0.1) is 22.8 Å². The van der Waals surface area contributed by atoms with E-state index in [2.05, 4.69) is 10.2 Å². The van der Waals surface area contributed by atoms with Gasteiger partial charge in [0.2, 0.25) is 0 Å². The molecule has 0 amide bonds. The number of nitrogens with one attached hydrogen (secondary N) is 1. The van der Waals surface area contributed by atoms with Gasteiger partial charge in [-0.25, -0.2) is 4.79 Å². The van der Waals surface area contributed by atoms with Crippen LogP contribution in [0, 0.1) is 0 Å². The fourth-order valence-corrected chi connectivity index (χ4v) is 1.39. The molecule has 0 saturated carbocycles. The van der Waals surface area contributed by atoms with E-state index in [1.807, 2.05) is 0 Å². The first-order chi connectivity index (χ1) is 7.39. The molecule has 84 valence electrons. The van der Waals surface area contributed by atoms with Crippen LogP contribution in [-0.4, -0.2) is 21.3 Å². The number of carbonyl (C=O) groups is 1. The van der Waals surface area contributed by atoms with Crippen molar-refractivity contribution in [2.45, 2.75) is 6.18 Å². The van der Waals surface area contributed by atoms with Crippen molar-refractivity contribution in [3.05, 3.63) is 29.5 Å². The first-order valence-electron chi connectivity index (χ1n) is 4.17. The molecule has 0 bridgehead atoms. The van der Waals surface area contributed by atoms with Gasteiger partial charge in [-0.15, -0.1) is 0 Å². The summed E-state index contributed by atoms with van der Waals surface area (Å²) < 4.78 is 37.3. The number of aromatic carboxylic acids is 1. The molecule has 2 aromatic rings. The normalized spacial score (nSPS) is 11.9. The van der Waals surface area contributed by atoms with Crippen molar-refractivity contribution in [2.75, 3.05) is 0 Å². The summed E-state index contributed by atoms with van der Waals surface area (Å²) in [5.41, 5.74) is -1.38. The number of fused-ring (bicyclic) bond motifs is 1. The van der Waals surface area contributed by atoms with Crippen molar-refractivity contribution in [1.82, 2.24) is 10.2 Å². The zero-order valence-electron chi connectivity index (χ0n) is 7.67. The zero-order valence-corrected chi connectivity index (χ0v) is 7.67. The molecule has 0 spiro atoms. The van der Waals surface area contributed by atoms with Crippen molar-refractivity contribution >= 4 is 16.9 Å². The molecule has 0 unspecified atom stereocenters. The van der Waals surface area contributed by atoms with E-state index in [-0.39, 0.29) is 10.9 Å². The van der Waals surface area contributed by atoms with E-state index in [1.54, 1.807) is 0 Å². The average molecular weight is 230 g/mol. The molecule has 1 heterocycles. The summed E-state index contributed by atoms with van der Waals surface area (Å²) in [6.07, 6.45) is -3.40. The number of benzene rings is 1. The molecule has 7 heteroatoms. The number of hydrogen-bond donors (Lipinski definition) is 2. The number of aromatic amines is 1. The maximum atomic E-state index is 12.4. The Morgan fingerprint density at radius 3 is 2.62 bits per heavy atom. The average Bonchev–Trinajstić information content (AvgIpc) is 2.61. The summed E-state index contributed by atoms with van der Waals surface area (Å²) >= 11 is 0. The fraction of sp³-hybridized carbons (Fsp3) is 0.111. The highest BCUT2D eigenvalue weighted by atomic mass is 19.4. The quantitative estimate of drug-likeness (QED) is 0.789. The predicted molar refractivity (Wildman–Crippen MR) is 48.1 cm³/mol. The van der Waals surface area contributed by atoms with Gasteiger partial charge in [-0.1, -0.05) is 0 Å². The molecule has 0 fully saturated rings. The highest BCUT2D eigenvalue weighted by molar-refractivity contribution is 6.02. The van der Waals surface area contributed by atoms with Gasteiger partial charge in [-0.05, 0) is 12.1 Å². The zero-order chi connectivity index (χ0) is 11.9. The smallest absolute Gasteiger partial charge is 0.416 e. The monoisotopic (exact) mass is 230 g/mol. The lowest BCUT2D eigenvalue weighted by Crippen LogP contribution is -2.07. The minimum atomic E-state index is -4.58. The Morgan fingerprint density at radius 1 is 1.38 bits per heavy atom. The van der Waals surface area contributed by atoms with Gasteiger partial charge in [0, 0.05) is 5.39 Å². The maximum absolute atomic E-state index is 12.4. The van der Waals surface area contributed by atoms with Crippen LogP contribution in [-0.2, 0) is 6.18 Å². The lowest BCUT2D eigenvalue weighted by atomic mass is 10.1. The first kappa shape index (κ1) is 10.5. The Bertz CT molecular complexity index is 559. The number of nitrogens with zero attached hydrogens (tertiary/aromatic N) is 1. The molecular weight excluding hydrogens is 225 g/mol. The van der Waals surface area contributed by atoms with Gasteiger partial charge in [0.25, 0.3) is 0 Å². The van der Waals surface area contributed by atoms with Crippen LogP contribution in [0.5, 0.6) is 0 Å². The fourth-order valence-electron chi connectivity index (χ4n) is 1.39. The first-order valence-corrected chi connectivity index (χ1v) is 4.17. The van der Waals surface area contributed by atoms with Crippen LogP contribution in [0.2, 0.25) is 0 Å². The van der Waals surface area contributed by atoms with Crippen LogP contribution in [0.4, 0.5) is 13.2 Å². The van der Waals surface area contributed by atoms with Gasteiger partial charge in [0.15, 0.2) is 0 Å².